The average Bonchev–Trinajstić information content (AvgIpc) is 3.31. The molecule has 258 valence electrons. The molecule has 1 atom stereocenters. The van der Waals surface area contributed by atoms with Crippen LogP contribution >= 0.6 is 0 Å². The molecule has 3 aromatic carbocycles. The van der Waals surface area contributed by atoms with Crippen molar-refractivity contribution in [1.29, 1.82) is 0 Å². The van der Waals surface area contributed by atoms with Gasteiger partial charge in [-0.1, -0.05) is 0 Å². The van der Waals surface area contributed by atoms with Crippen LogP contribution in [-0.2, 0) is 10.7 Å². The van der Waals surface area contributed by atoms with E-state index >= 15 is 0 Å². The number of ether oxygens (including phenoxy) is 1. The molecule has 0 radical (unpaired) electrons. The molecular formula is C41H59LuN2OSi. The molecule has 1 aliphatic rings. The predicted octanol–water partition coefficient (Wildman–Crippen LogP) is 9.75. The molecule has 3 aromatic rings. The van der Waals surface area contributed by atoms with Gasteiger partial charge in [0.1, 0.15) is 0 Å². The van der Waals surface area contributed by atoms with E-state index < -0.39 is 39.2 Å². The van der Waals surface area contributed by atoms with E-state index in [9.17, 15) is 0 Å². The first kappa shape index (κ1) is 36.8. The monoisotopic (exact) mass is 798 g/mol. The quantitative estimate of drug-likeness (QED) is 0.170. The van der Waals surface area contributed by atoms with Crippen molar-refractivity contribution < 1.29 is 35.9 Å². The molecule has 0 aromatic heterocycles. The van der Waals surface area contributed by atoms with E-state index in [1.807, 2.05) is 7.11 Å². The number of hydrogen-bond donors (Lipinski definition) is 0. The Morgan fingerprint density at radius 3 is 1.67 bits per heavy atom. The molecule has 0 heterocycles. The van der Waals surface area contributed by atoms with Crippen molar-refractivity contribution in [3.05, 3.63) is 106 Å². The SMILES string of the molecule is CC[Si](CC)(c1cc(C)cc(C(C)(C)C)c1OC)[C]1([Lu]([CH2]c2ccccc2N(C)C)[CH2]c2ccccc2N(C)C)C=C(C)C=C1C. The van der Waals surface area contributed by atoms with Crippen molar-refractivity contribution in [2.75, 3.05) is 45.1 Å². The summed E-state index contributed by atoms with van der Waals surface area (Å²) in [5.74, 6) is 1.14. The van der Waals surface area contributed by atoms with Crippen molar-refractivity contribution in [2.24, 2.45) is 0 Å². The van der Waals surface area contributed by atoms with Crippen LogP contribution in [0.2, 0.25) is 13.3 Å². The average molecular weight is 799 g/mol. The first-order chi connectivity index (χ1) is 21.7. The molecule has 3 nitrogen and oxygen atoms in total. The maximum atomic E-state index is 6.55. The zero-order valence-corrected chi connectivity index (χ0v) is 33.5. The molecule has 0 aliphatic heterocycles. The van der Waals surface area contributed by atoms with Gasteiger partial charge in [0.25, 0.3) is 0 Å². The summed E-state index contributed by atoms with van der Waals surface area (Å²) in [6, 6.07) is 25.5. The summed E-state index contributed by atoms with van der Waals surface area (Å²) >= 11 is -1.32. The van der Waals surface area contributed by atoms with Crippen LogP contribution in [0.4, 0.5) is 11.4 Å². The van der Waals surface area contributed by atoms with Crippen molar-refractivity contribution in [1.82, 2.24) is 0 Å². The summed E-state index contributed by atoms with van der Waals surface area (Å²) in [5, 5.41) is 1.52. The van der Waals surface area contributed by atoms with Crippen LogP contribution in [0.5, 0.6) is 5.75 Å². The van der Waals surface area contributed by atoms with Crippen molar-refractivity contribution >= 4 is 24.6 Å². The Kier molecular flexibility index (Phi) is 11.7. The van der Waals surface area contributed by atoms with Crippen LogP contribution < -0.4 is 19.7 Å². The summed E-state index contributed by atoms with van der Waals surface area (Å²) in [4.78, 5) is 4.61. The Morgan fingerprint density at radius 1 is 0.783 bits per heavy atom. The van der Waals surface area contributed by atoms with Gasteiger partial charge in [0.15, 0.2) is 0 Å². The Bertz CT molecular complexity index is 1540. The van der Waals surface area contributed by atoms with Crippen LogP contribution in [0.3, 0.4) is 0 Å². The van der Waals surface area contributed by atoms with Gasteiger partial charge in [-0.05, 0) is 0 Å². The summed E-state index contributed by atoms with van der Waals surface area (Å²) in [6.45, 7) is 19.1. The number of nitrogens with zero attached hydrogens (tertiary/aromatic N) is 2. The number of rotatable bonds is 12. The summed E-state index contributed by atoms with van der Waals surface area (Å²) in [5.41, 5.74) is 11.3. The number of hydrogen-bond acceptors (Lipinski definition) is 3. The Balaban J connectivity index is 2.13. The van der Waals surface area contributed by atoms with Gasteiger partial charge in [0.05, 0.1) is 0 Å². The second-order valence-electron chi connectivity index (χ2n) is 14.3. The van der Waals surface area contributed by atoms with Gasteiger partial charge in [-0.2, -0.15) is 0 Å². The molecule has 0 saturated carbocycles. The van der Waals surface area contributed by atoms with Crippen LogP contribution in [0.15, 0.2) is 84.0 Å². The van der Waals surface area contributed by atoms with Gasteiger partial charge in [0, 0.05) is 0 Å². The van der Waals surface area contributed by atoms with Gasteiger partial charge in [-0.3, -0.25) is 0 Å². The molecule has 0 fully saturated rings. The molecule has 1 unspecified atom stereocenters. The third-order valence-electron chi connectivity index (χ3n) is 9.64. The zero-order chi connectivity index (χ0) is 34.0. The van der Waals surface area contributed by atoms with E-state index in [0.717, 1.165) is 11.0 Å². The Morgan fingerprint density at radius 2 is 1.28 bits per heavy atom. The van der Waals surface area contributed by atoms with Crippen molar-refractivity contribution in [3.8, 4) is 5.75 Å². The second kappa shape index (κ2) is 14.6. The number of methoxy groups -OCH3 is 1. The van der Waals surface area contributed by atoms with Crippen LogP contribution in [0.1, 0.15) is 70.7 Å². The molecule has 46 heavy (non-hydrogen) atoms. The maximum absolute atomic E-state index is 6.55. The molecule has 0 saturated heterocycles. The number of allylic oxidation sites excluding steroid dienone is 4. The summed E-state index contributed by atoms with van der Waals surface area (Å²) in [6.07, 6.45) is 5.30. The van der Waals surface area contributed by atoms with E-state index in [0.29, 0.717) is 0 Å². The minimum atomic E-state index is -2.36. The Hall–Kier alpha value is -2.01. The second-order valence-corrected chi connectivity index (χ2v) is 24.4. The van der Waals surface area contributed by atoms with Gasteiger partial charge < -0.3 is 0 Å². The van der Waals surface area contributed by atoms with E-state index in [2.05, 4.69) is 166 Å². The Labute approximate surface area is 294 Å². The van der Waals surface area contributed by atoms with E-state index in [1.54, 1.807) is 5.57 Å². The fraction of sp³-hybridized carbons (Fsp3) is 0.463. The van der Waals surface area contributed by atoms with Crippen LogP contribution in [0, 0.1) is 38.0 Å². The first-order valence-electron chi connectivity index (χ1n) is 16.6. The van der Waals surface area contributed by atoms with E-state index in [-0.39, 0.29) is 6.67 Å². The van der Waals surface area contributed by atoms with Crippen molar-refractivity contribution in [2.45, 2.75) is 79.4 Å². The fourth-order valence-electron chi connectivity index (χ4n) is 7.42. The number of aryl methyl sites for hydroxylation is 1. The molecular weight excluding hydrogens is 740 g/mol. The third-order valence-corrected chi connectivity index (χ3v) is 24.4. The number of para-hydroxylation sites is 2. The molecule has 0 N–H and O–H groups in total. The normalized spacial score (nSPS) is 17.0. The molecule has 5 heteroatoms. The topological polar surface area (TPSA) is 15.7 Å². The third kappa shape index (κ3) is 6.78. The first-order valence-corrected chi connectivity index (χ1v) is 22.2. The molecule has 0 amide bonds. The molecule has 1 aliphatic carbocycles. The summed E-state index contributed by atoms with van der Waals surface area (Å²) in [7, 11) is 8.32. The molecule has 4 rings (SSSR count). The van der Waals surface area contributed by atoms with Gasteiger partial charge in [0.2, 0.25) is 0 Å². The minimum absolute atomic E-state index is 0.00958. The van der Waals surface area contributed by atoms with Crippen LogP contribution in [0.25, 0.3) is 0 Å². The zero-order valence-electron chi connectivity index (χ0n) is 30.8. The van der Waals surface area contributed by atoms with Gasteiger partial charge >= 0.3 is 297 Å². The van der Waals surface area contributed by atoms with Crippen molar-refractivity contribution in [3.63, 3.8) is 0 Å². The number of anilines is 2. The van der Waals surface area contributed by atoms with E-state index in [4.69, 9.17) is 4.74 Å². The van der Waals surface area contributed by atoms with Gasteiger partial charge in [-0.15, -0.1) is 0 Å². The van der Waals surface area contributed by atoms with Crippen LogP contribution in [-0.4, -0.2) is 43.4 Å². The fourth-order valence-corrected chi connectivity index (χ4v) is 24.7. The molecule has 0 bridgehead atoms. The number of benzene rings is 3. The predicted molar refractivity (Wildman–Crippen MR) is 202 cm³/mol. The standard InChI is InChI=1S/C23H35OSi.2C9H12N.Lu/c1-10-25(11-2,20-14-16(3)12-18(20)5)21-15-17(4)13-19(22(21)24-9)23(6,7)8;2*1-8-6-4-5-7-9(8)10(2)3;/h12-15H,10-11H2,1-9H3;2*4-7H,1H2,2-3H3;. The van der Waals surface area contributed by atoms with E-state index in [1.165, 1.54) is 56.5 Å². The van der Waals surface area contributed by atoms with Gasteiger partial charge in [-0.25, -0.2) is 0 Å². The molecule has 0 spiro atoms. The summed E-state index contributed by atoms with van der Waals surface area (Å²) < 4.78 is 8.78.